The number of methoxy groups -OCH3 is 1. The average molecular weight is 419 g/mol. The number of hydrogen-bond donors (Lipinski definition) is 1. The van der Waals surface area contributed by atoms with Crippen molar-refractivity contribution in [2.75, 3.05) is 32.5 Å². The maximum Gasteiger partial charge on any atom is 0.247 e. The number of carbonyl (C=O) groups is 1. The molecule has 0 radical (unpaired) electrons. The molecule has 1 fully saturated rings. The highest BCUT2D eigenvalue weighted by Crippen LogP contribution is 2.30. The SMILES string of the molecule is COC1CCN(C(=O)C(C)n2cc3c(N)nc4cc(C5=CC=NC5)ccc4c3n2)CC1. The van der Waals surface area contributed by atoms with Gasteiger partial charge >= 0.3 is 0 Å². The van der Waals surface area contributed by atoms with Crippen LogP contribution in [0.25, 0.3) is 27.4 Å². The number of amides is 1. The summed E-state index contributed by atoms with van der Waals surface area (Å²) < 4.78 is 7.13. The van der Waals surface area contributed by atoms with Gasteiger partial charge in [0.25, 0.3) is 0 Å². The zero-order valence-electron chi connectivity index (χ0n) is 17.8. The normalized spacial score (nSPS) is 18.1. The fourth-order valence-electron chi connectivity index (χ4n) is 4.41. The minimum atomic E-state index is -0.416. The van der Waals surface area contributed by atoms with Crippen LogP contribution in [0, 0.1) is 0 Å². The Labute approximate surface area is 180 Å². The molecule has 2 N–H and O–H groups in total. The van der Waals surface area contributed by atoms with Crippen LogP contribution in [0.3, 0.4) is 0 Å². The first-order valence-corrected chi connectivity index (χ1v) is 10.6. The van der Waals surface area contributed by atoms with Gasteiger partial charge in [-0.25, -0.2) is 4.98 Å². The Morgan fingerprint density at radius 2 is 2.06 bits per heavy atom. The number of piperidine rings is 1. The van der Waals surface area contributed by atoms with Crippen LogP contribution in [0.4, 0.5) is 5.82 Å². The Kier molecular flexibility index (Phi) is 4.94. The van der Waals surface area contributed by atoms with Gasteiger partial charge in [-0.1, -0.05) is 6.07 Å². The zero-order chi connectivity index (χ0) is 21.5. The molecule has 31 heavy (non-hydrogen) atoms. The second kappa shape index (κ2) is 7.77. The summed E-state index contributed by atoms with van der Waals surface area (Å²) in [7, 11) is 1.73. The summed E-state index contributed by atoms with van der Waals surface area (Å²) in [6, 6.07) is 5.70. The van der Waals surface area contributed by atoms with Crippen LogP contribution in [0.15, 0.2) is 35.5 Å². The summed E-state index contributed by atoms with van der Waals surface area (Å²) in [5, 5.41) is 6.45. The molecule has 0 spiro atoms. The van der Waals surface area contributed by atoms with Crippen LogP contribution >= 0.6 is 0 Å². The van der Waals surface area contributed by atoms with E-state index in [9.17, 15) is 4.79 Å². The first kappa shape index (κ1) is 19.7. The fourth-order valence-corrected chi connectivity index (χ4v) is 4.41. The van der Waals surface area contributed by atoms with Gasteiger partial charge < -0.3 is 15.4 Å². The summed E-state index contributed by atoms with van der Waals surface area (Å²) in [6.07, 6.45) is 7.63. The van der Waals surface area contributed by atoms with Gasteiger partial charge in [-0.05, 0) is 49.1 Å². The first-order valence-electron chi connectivity index (χ1n) is 10.6. The zero-order valence-corrected chi connectivity index (χ0v) is 17.8. The van der Waals surface area contributed by atoms with Gasteiger partial charge in [0.15, 0.2) is 0 Å². The number of nitrogen functional groups attached to an aromatic ring is 1. The number of carbonyl (C=O) groups excluding carboxylic acids is 1. The quantitative estimate of drug-likeness (QED) is 0.702. The Morgan fingerprint density at radius 1 is 1.26 bits per heavy atom. The van der Waals surface area contributed by atoms with E-state index in [4.69, 9.17) is 15.6 Å². The molecule has 4 heterocycles. The number of rotatable bonds is 4. The van der Waals surface area contributed by atoms with Crippen molar-refractivity contribution < 1.29 is 9.53 Å². The lowest BCUT2D eigenvalue weighted by Crippen LogP contribution is -2.43. The van der Waals surface area contributed by atoms with Gasteiger partial charge in [-0.3, -0.25) is 14.5 Å². The maximum atomic E-state index is 13.1. The smallest absolute Gasteiger partial charge is 0.247 e. The first-order chi connectivity index (χ1) is 15.0. The molecule has 0 aliphatic carbocycles. The van der Waals surface area contributed by atoms with Gasteiger partial charge in [0.1, 0.15) is 17.4 Å². The van der Waals surface area contributed by atoms with Gasteiger partial charge in [0.05, 0.1) is 23.6 Å². The molecule has 0 saturated carbocycles. The number of allylic oxidation sites excluding steroid dienone is 1. The van der Waals surface area contributed by atoms with Crippen molar-refractivity contribution in [1.29, 1.82) is 0 Å². The van der Waals surface area contributed by atoms with Crippen molar-refractivity contribution in [2.45, 2.75) is 31.9 Å². The van der Waals surface area contributed by atoms with Crippen molar-refractivity contribution in [2.24, 2.45) is 4.99 Å². The molecule has 0 bridgehead atoms. The van der Waals surface area contributed by atoms with E-state index in [1.165, 1.54) is 0 Å². The molecule has 5 rings (SSSR count). The second-order valence-corrected chi connectivity index (χ2v) is 8.22. The number of nitrogens with two attached hydrogens (primary N) is 1. The average Bonchev–Trinajstić information content (AvgIpc) is 3.49. The van der Waals surface area contributed by atoms with E-state index < -0.39 is 6.04 Å². The Morgan fingerprint density at radius 3 is 2.77 bits per heavy atom. The Bertz CT molecular complexity index is 1220. The summed E-state index contributed by atoms with van der Waals surface area (Å²) in [6.45, 7) is 3.97. The molecule has 3 aromatic rings. The highest BCUT2D eigenvalue weighted by molar-refractivity contribution is 6.08. The molecule has 1 saturated heterocycles. The lowest BCUT2D eigenvalue weighted by Gasteiger charge is -2.32. The second-order valence-electron chi connectivity index (χ2n) is 8.22. The molecule has 1 amide bonds. The van der Waals surface area contributed by atoms with Crippen molar-refractivity contribution in [3.8, 4) is 0 Å². The summed E-state index contributed by atoms with van der Waals surface area (Å²) >= 11 is 0. The predicted octanol–water partition coefficient (Wildman–Crippen LogP) is 2.83. The van der Waals surface area contributed by atoms with Crippen LogP contribution < -0.4 is 5.73 Å². The monoisotopic (exact) mass is 418 g/mol. The molecule has 8 heteroatoms. The molecule has 2 aliphatic rings. The number of anilines is 1. The largest absolute Gasteiger partial charge is 0.383 e. The standard InChI is InChI=1S/C23H26N6O2/c1-14(23(30)28-9-6-17(31-2)7-10-28)29-13-19-21(27-29)18-4-3-15(16-5-8-25-12-16)11-20(18)26-22(19)24/h3-5,8,11,13-14,17H,6-7,9-10,12H2,1-2H3,(H2,24,26). The number of nitrogens with zero attached hydrogens (tertiary/aromatic N) is 5. The van der Waals surface area contributed by atoms with E-state index in [0.29, 0.717) is 25.5 Å². The number of aliphatic imine (C=N–C) groups is 1. The van der Waals surface area contributed by atoms with E-state index in [2.05, 4.69) is 16.0 Å². The van der Waals surface area contributed by atoms with E-state index in [1.807, 2.05) is 42.4 Å². The van der Waals surface area contributed by atoms with E-state index in [-0.39, 0.29) is 12.0 Å². The molecule has 2 aliphatic heterocycles. The number of benzene rings is 1. The van der Waals surface area contributed by atoms with Crippen molar-refractivity contribution in [3.05, 3.63) is 36.0 Å². The third-order valence-electron chi connectivity index (χ3n) is 6.36. The van der Waals surface area contributed by atoms with Crippen molar-refractivity contribution in [1.82, 2.24) is 19.7 Å². The van der Waals surface area contributed by atoms with Gasteiger partial charge in [0.2, 0.25) is 5.91 Å². The minimum absolute atomic E-state index is 0.0636. The number of aromatic nitrogens is 3. The predicted molar refractivity (Wildman–Crippen MR) is 122 cm³/mol. The topological polar surface area (TPSA) is 98.6 Å². The Balaban J connectivity index is 1.47. The Hall–Kier alpha value is -3.26. The van der Waals surface area contributed by atoms with Crippen LogP contribution in [0.5, 0.6) is 0 Å². The fraction of sp³-hybridized carbons (Fsp3) is 0.391. The molecule has 8 nitrogen and oxygen atoms in total. The maximum absolute atomic E-state index is 13.1. The number of likely N-dealkylation sites (tertiary alicyclic amines) is 1. The summed E-state index contributed by atoms with van der Waals surface area (Å²) in [5.41, 5.74) is 10.1. The van der Waals surface area contributed by atoms with Crippen LogP contribution in [-0.4, -0.2) is 64.6 Å². The van der Waals surface area contributed by atoms with Crippen LogP contribution in [0.2, 0.25) is 0 Å². The summed E-state index contributed by atoms with van der Waals surface area (Å²) in [5.74, 6) is 0.483. The van der Waals surface area contributed by atoms with E-state index in [1.54, 1.807) is 11.8 Å². The minimum Gasteiger partial charge on any atom is -0.383 e. The molecule has 1 aromatic carbocycles. The lowest BCUT2D eigenvalue weighted by atomic mass is 10.0. The highest BCUT2D eigenvalue weighted by atomic mass is 16.5. The number of hydrogen-bond acceptors (Lipinski definition) is 6. The third-order valence-corrected chi connectivity index (χ3v) is 6.36. The van der Waals surface area contributed by atoms with Crippen molar-refractivity contribution >= 4 is 45.3 Å². The third kappa shape index (κ3) is 3.46. The number of pyridine rings is 1. The number of ether oxygens (including phenoxy) is 1. The van der Waals surface area contributed by atoms with Crippen molar-refractivity contribution in [3.63, 3.8) is 0 Å². The molecule has 1 unspecified atom stereocenters. The molecule has 1 atom stereocenters. The van der Waals surface area contributed by atoms with Crippen LogP contribution in [-0.2, 0) is 9.53 Å². The van der Waals surface area contributed by atoms with Gasteiger partial charge in [-0.2, -0.15) is 5.10 Å². The highest BCUT2D eigenvalue weighted by Gasteiger charge is 2.27. The van der Waals surface area contributed by atoms with E-state index >= 15 is 0 Å². The summed E-state index contributed by atoms with van der Waals surface area (Å²) in [4.78, 5) is 23.8. The van der Waals surface area contributed by atoms with Gasteiger partial charge in [0, 0.05) is 38.0 Å². The molecular formula is C23H26N6O2. The molecule has 2 aromatic heterocycles. The molecular weight excluding hydrogens is 392 g/mol. The lowest BCUT2D eigenvalue weighted by molar-refractivity contribution is -0.136. The molecule has 160 valence electrons. The number of fused-ring (bicyclic) bond motifs is 3. The van der Waals surface area contributed by atoms with Gasteiger partial charge in [-0.15, -0.1) is 0 Å². The van der Waals surface area contributed by atoms with Crippen LogP contribution in [0.1, 0.15) is 31.4 Å². The van der Waals surface area contributed by atoms with E-state index in [0.717, 1.165) is 45.8 Å².